The molecule has 4 aromatic rings. The third-order valence-electron chi connectivity index (χ3n) is 5.20. The van der Waals surface area contributed by atoms with Gasteiger partial charge >= 0.3 is 0 Å². The molecule has 0 radical (unpaired) electrons. The molecule has 30 heavy (non-hydrogen) atoms. The smallest absolute Gasteiger partial charge is 0.220 e. The van der Waals surface area contributed by atoms with E-state index in [9.17, 15) is 9.18 Å². The number of methoxy groups -OCH3 is 1. The molecule has 1 heterocycles. The van der Waals surface area contributed by atoms with E-state index >= 15 is 0 Å². The molecule has 1 aromatic heterocycles. The quantitative estimate of drug-likeness (QED) is 0.445. The van der Waals surface area contributed by atoms with Gasteiger partial charge in [0, 0.05) is 29.6 Å². The summed E-state index contributed by atoms with van der Waals surface area (Å²) in [7, 11) is 1.65. The lowest BCUT2D eigenvalue weighted by atomic mass is 10.0. The van der Waals surface area contributed by atoms with Gasteiger partial charge < -0.3 is 15.0 Å². The molecule has 0 aliphatic rings. The molecule has 0 spiro atoms. The van der Waals surface area contributed by atoms with E-state index in [1.807, 2.05) is 42.5 Å². The third-order valence-corrected chi connectivity index (χ3v) is 5.20. The number of amides is 1. The van der Waals surface area contributed by atoms with Crippen LogP contribution in [-0.2, 0) is 17.8 Å². The fourth-order valence-electron chi connectivity index (χ4n) is 3.59. The topological polar surface area (TPSA) is 54.1 Å². The van der Waals surface area contributed by atoms with Crippen LogP contribution in [0.25, 0.3) is 22.2 Å². The first-order valence-electron chi connectivity index (χ1n) is 9.89. The first-order chi connectivity index (χ1) is 14.6. The molecule has 0 saturated heterocycles. The number of halogens is 1. The van der Waals surface area contributed by atoms with E-state index < -0.39 is 0 Å². The van der Waals surface area contributed by atoms with Crippen LogP contribution in [-0.4, -0.2) is 18.0 Å². The second-order valence-electron chi connectivity index (χ2n) is 7.16. The monoisotopic (exact) mass is 402 g/mol. The molecule has 4 rings (SSSR count). The molecule has 152 valence electrons. The lowest BCUT2D eigenvalue weighted by molar-refractivity contribution is -0.121. The Labute approximate surface area is 174 Å². The maximum atomic E-state index is 13.0. The number of H-pyrrole nitrogens is 1. The summed E-state index contributed by atoms with van der Waals surface area (Å²) in [6.07, 6.45) is 0.979. The van der Waals surface area contributed by atoms with E-state index in [-0.39, 0.29) is 11.7 Å². The fraction of sp³-hybridized carbons (Fsp3) is 0.160. The number of rotatable bonds is 7. The van der Waals surface area contributed by atoms with Gasteiger partial charge in [0.1, 0.15) is 11.6 Å². The van der Waals surface area contributed by atoms with Crippen LogP contribution in [0.4, 0.5) is 4.39 Å². The van der Waals surface area contributed by atoms with Crippen molar-refractivity contribution in [3.05, 3.63) is 89.7 Å². The number of nitrogens with one attached hydrogen (secondary N) is 2. The molecule has 0 fully saturated rings. The highest BCUT2D eigenvalue weighted by Crippen LogP contribution is 2.32. The van der Waals surface area contributed by atoms with E-state index in [0.29, 0.717) is 19.4 Å². The Balaban J connectivity index is 1.51. The predicted octanol–water partition coefficient (Wildman–Crippen LogP) is 5.23. The maximum Gasteiger partial charge on any atom is 0.220 e. The van der Waals surface area contributed by atoms with Crippen molar-refractivity contribution in [2.75, 3.05) is 7.11 Å². The number of aromatic amines is 1. The average molecular weight is 402 g/mol. The normalized spacial score (nSPS) is 10.9. The van der Waals surface area contributed by atoms with Crippen LogP contribution in [0.1, 0.15) is 17.5 Å². The number of hydrogen-bond acceptors (Lipinski definition) is 2. The third kappa shape index (κ3) is 4.35. The summed E-state index contributed by atoms with van der Waals surface area (Å²) in [6.45, 7) is 0.387. The summed E-state index contributed by atoms with van der Waals surface area (Å²) in [5.74, 6) is 0.484. The molecule has 1 amide bonds. The van der Waals surface area contributed by atoms with Crippen molar-refractivity contribution in [2.24, 2.45) is 0 Å². The summed E-state index contributed by atoms with van der Waals surface area (Å²) in [5, 5.41) is 4.04. The number of aromatic nitrogens is 1. The number of carbonyl (C=O) groups is 1. The SMILES string of the molecule is COc1ccc(-c2[nH]c3ccccc3c2CCC(=O)NCc2ccc(F)cc2)cc1. The summed E-state index contributed by atoms with van der Waals surface area (Å²) >= 11 is 0. The van der Waals surface area contributed by atoms with Crippen molar-refractivity contribution in [3.63, 3.8) is 0 Å². The molecule has 0 bridgehead atoms. The second-order valence-corrected chi connectivity index (χ2v) is 7.16. The van der Waals surface area contributed by atoms with Gasteiger partial charge in [-0.15, -0.1) is 0 Å². The van der Waals surface area contributed by atoms with E-state index in [4.69, 9.17) is 4.74 Å². The summed E-state index contributed by atoms with van der Waals surface area (Å²) < 4.78 is 18.3. The molecule has 3 aromatic carbocycles. The van der Waals surface area contributed by atoms with Crippen molar-refractivity contribution in [1.29, 1.82) is 0 Å². The Morgan fingerprint density at radius 1 is 1.00 bits per heavy atom. The molecule has 0 aliphatic carbocycles. The van der Waals surface area contributed by atoms with Gasteiger partial charge in [-0.05, 0) is 65.6 Å². The van der Waals surface area contributed by atoms with Gasteiger partial charge in [0.05, 0.1) is 7.11 Å². The number of benzene rings is 3. The van der Waals surface area contributed by atoms with Crippen molar-refractivity contribution >= 4 is 16.8 Å². The second kappa shape index (κ2) is 8.82. The van der Waals surface area contributed by atoms with Crippen LogP contribution >= 0.6 is 0 Å². The summed E-state index contributed by atoms with van der Waals surface area (Å²) in [5.41, 5.74) is 5.10. The van der Waals surface area contributed by atoms with Crippen LogP contribution in [0.2, 0.25) is 0 Å². The van der Waals surface area contributed by atoms with Gasteiger partial charge in [0.15, 0.2) is 0 Å². The van der Waals surface area contributed by atoms with Gasteiger partial charge in [-0.1, -0.05) is 30.3 Å². The average Bonchev–Trinajstić information content (AvgIpc) is 3.16. The van der Waals surface area contributed by atoms with Crippen LogP contribution < -0.4 is 10.1 Å². The van der Waals surface area contributed by atoms with Crippen LogP contribution in [0.3, 0.4) is 0 Å². The molecule has 0 atom stereocenters. The van der Waals surface area contributed by atoms with Crippen LogP contribution in [0.5, 0.6) is 5.75 Å². The lowest BCUT2D eigenvalue weighted by Gasteiger charge is -2.08. The molecular formula is C25H23FN2O2. The molecule has 0 saturated carbocycles. The number of aryl methyl sites for hydroxylation is 1. The highest BCUT2D eigenvalue weighted by Gasteiger charge is 2.14. The van der Waals surface area contributed by atoms with Crippen molar-refractivity contribution in [1.82, 2.24) is 10.3 Å². The first kappa shape index (κ1) is 19.7. The Bertz CT molecular complexity index is 1150. The molecule has 4 nitrogen and oxygen atoms in total. The zero-order valence-corrected chi connectivity index (χ0v) is 16.7. The largest absolute Gasteiger partial charge is 0.497 e. The Morgan fingerprint density at radius 3 is 2.47 bits per heavy atom. The number of carbonyl (C=O) groups excluding carboxylic acids is 1. The highest BCUT2D eigenvalue weighted by atomic mass is 19.1. The maximum absolute atomic E-state index is 13.0. The van der Waals surface area contributed by atoms with Gasteiger partial charge in [0.2, 0.25) is 5.91 Å². The van der Waals surface area contributed by atoms with Gasteiger partial charge in [-0.25, -0.2) is 4.39 Å². The number of para-hydroxylation sites is 1. The minimum absolute atomic E-state index is 0.0368. The number of hydrogen-bond donors (Lipinski definition) is 2. The Kier molecular flexibility index (Phi) is 5.80. The van der Waals surface area contributed by atoms with Crippen molar-refractivity contribution < 1.29 is 13.9 Å². The van der Waals surface area contributed by atoms with E-state index in [1.54, 1.807) is 19.2 Å². The lowest BCUT2D eigenvalue weighted by Crippen LogP contribution is -2.23. The fourth-order valence-corrected chi connectivity index (χ4v) is 3.59. The zero-order valence-electron chi connectivity index (χ0n) is 16.7. The van der Waals surface area contributed by atoms with Gasteiger partial charge in [-0.3, -0.25) is 4.79 Å². The minimum Gasteiger partial charge on any atom is -0.497 e. The van der Waals surface area contributed by atoms with Crippen molar-refractivity contribution in [2.45, 2.75) is 19.4 Å². The number of ether oxygens (including phenoxy) is 1. The molecule has 2 N–H and O–H groups in total. The van der Waals surface area contributed by atoms with Gasteiger partial charge in [0.25, 0.3) is 0 Å². The first-order valence-corrected chi connectivity index (χ1v) is 9.89. The summed E-state index contributed by atoms with van der Waals surface area (Å²) in [6, 6.07) is 22.2. The van der Waals surface area contributed by atoms with E-state index in [0.717, 1.165) is 39.0 Å². The Morgan fingerprint density at radius 2 is 1.73 bits per heavy atom. The molecule has 0 aliphatic heterocycles. The molecule has 5 heteroatoms. The van der Waals surface area contributed by atoms with Crippen LogP contribution in [0, 0.1) is 5.82 Å². The zero-order chi connectivity index (χ0) is 20.9. The van der Waals surface area contributed by atoms with Crippen LogP contribution in [0.15, 0.2) is 72.8 Å². The summed E-state index contributed by atoms with van der Waals surface area (Å²) in [4.78, 5) is 15.9. The Hall–Kier alpha value is -3.60. The standard InChI is InChI=1S/C25H23FN2O2/c1-30-20-12-8-18(9-13-20)25-22(21-4-2-3-5-23(21)28-25)14-15-24(29)27-16-17-6-10-19(26)11-7-17/h2-13,28H,14-16H2,1H3,(H,27,29). The molecular weight excluding hydrogens is 379 g/mol. The molecule has 0 unspecified atom stereocenters. The van der Waals surface area contributed by atoms with Crippen molar-refractivity contribution in [3.8, 4) is 17.0 Å². The number of fused-ring (bicyclic) bond motifs is 1. The minimum atomic E-state index is -0.282. The highest BCUT2D eigenvalue weighted by molar-refractivity contribution is 5.91. The van der Waals surface area contributed by atoms with E-state index in [1.165, 1.54) is 12.1 Å². The van der Waals surface area contributed by atoms with Gasteiger partial charge in [-0.2, -0.15) is 0 Å². The predicted molar refractivity (Wildman–Crippen MR) is 117 cm³/mol. The van der Waals surface area contributed by atoms with E-state index in [2.05, 4.69) is 16.4 Å².